The maximum atomic E-state index is 11.9. The molecular weight excluding hydrogens is 233 g/mol. The maximum Gasteiger partial charge on any atom is 0.401 e. The van der Waals surface area contributed by atoms with Gasteiger partial charge < -0.3 is 5.11 Å². The number of carboxylic acids is 1. The Labute approximate surface area is 86.8 Å². The van der Waals surface area contributed by atoms with E-state index in [0.717, 1.165) is 11.3 Å². The lowest BCUT2D eigenvalue weighted by Crippen LogP contribution is -2.35. The van der Waals surface area contributed by atoms with E-state index < -0.39 is 24.7 Å². The van der Waals surface area contributed by atoms with Crippen molar-refractivity contribution in [3.05, 3.63) is 16.6 Å². The first kappa shape index (κ1) is 11.9. The highest BCUT2D eigenvalue weighted by atomic mass is 32.1. The van der Waals surface area contributed by atoms with Crippen LogP contribution in [0.2, 0.25) is 0 Å². The second kappa shape index (κ2) is 4.58. The number of aromatic nitrogens is 1. The molecule has 1 heterocycles. The topological polar surface area (TPSA) is 62.2 Å². The van der Waals surface area contributed by atoms with Crippen LogP contribution in [-0.4, -0.2) is 28.8 Å². The zero-order chi connectivity index (χ0) is 11.5. The number of nitrogens with zero attached hydrogens (tertiary/aromatic N) is 1. The van der Waals surface area contributed by atoms with Crippen LogP contribution < -0.4 is 5.32 Å². The number of alkyl halides is 3. The Balaban J connectivity index is 2.65. The van der Waals surface area contributed by atoms with E-state index in [1.54, 1.807) is 0 Å². The van der Waals surface area contributed by atoms with E-state index in [-0.39, 0.29) is 4.88 Å². The van der Waals surface area contributed by atoms with Gasteiger partial charge in [-0.05, 0) is 0 Å². The minimum atomic E-state index is -4.43. The third-order valence-corrected chi connectivity index (χ3v) is 2.33. The van der Waals surface area contributed by atoms with E-state index in [2.05, 4.69) is 4.98 Å². The van der Waals surface area contributed by atoms with Crippen LogP contribution in [0.25, 0.3) is 0 Å². The summed E-state index contributed by atoms with van der Waals surface area (Å²) in [5, 5.41) is 10.6. The highest BCUT2D eigenvalue weighted by molar-refractivity contribution is 7.09. The van der Waals surface area contributed by atoms with Crippen LogP contribution in [0.4, 0.5) is 13.2 Å². The van der Waals surface area contributed by atoms with Gasteiger partial charge in [-0.1, -0.05) is 0 Å². The van der Waals surface area contributed by atoms with Crippen LogP contribution in [0.15, 0.2) is 11.7 Å². The molecule has 0 spiro atoms. The van der Waals surface area contributed by atoms with Crippen molar-refractivity contribution in [3.63, 3.8) is 0 Å². The fraction of sp³-hybridized carbons (Fsp3) is 0.429. The Morgan fingerprint density at radius 3 is 2.73 bits per heavy atom. The summed E-state index contributed by atoms with van der Waals surface area (Å²) >= 11 is 0.988. The van der Waals surface area contributed by atoms with E-state index in [9.17, 15) is 18.0 Å². The van der Waals surface area contributed by atoms with Crippen LogP contribution in [-0.2, 0) is 4.79 Å². The monoisotopic (exact) mass is 240 g/mol. The van der Waals surface area contributed by atoms with Crippen molar-refractivity contribution < 1.29 is 23.1 Å². The van der Waals surface area contributed by atoms with Crippen LogP contribution in [0, 0.1) is 0 Å². The molecule has 0 fully saturated rings. The normalized spacial score (nSPS) is 13.8. The summed E-state index contributed by atoms with van der Waals surface area (Å²) in [5.41, 5.74) is 1.36. The lowest BCUT2D eigenvalue weighted by molar-refractivity contribution is -0.143. The zero-order valence-electron chi connectivity index (χ0n) is 7.28. The van der Waals surface area contributed by atoms with Crippen LogP contribution >= 0.6 is 11.3 Å². The first-order chi connectivity index (χ1) is 6.90. The second-order valence-corrected chi connectivity index (χ2v) is 3.59. The molecule has 15 heavy (non-hydrogen) atoms. The molecule has 1 rings (SSSR count). The first-order valence-corrected chi connectivity index (χ1v) is 4.69. The number of hydrogen-bond acceptors (Lipinski definition) is 4. The Kier molecular flexibility index (Phi) is 3.64. The van der Waals surface area contributed by atoms with Crippen LogP contribution in [0.1, 0.15) is 10.9 Å². The second-order valence-electron chi connectivity index (χ2n) is 2.67. The van der Waals surface area contributed by atoms with Gasteiger partial charge in [0.2, 0.25) is 0 Å². The number of thiazole rings is 1. The summed E-state index contributed by atoms with van der Waals surface area (Å²) in [6.45, 7) is -1.35. The summed E-state index contributed by atoms with van der Waals surface area (Å²) in [4.78, 5) is 14.5. The Bertz CT molecular complexity index is 325. The molecule has 0 saturated carbocycles. The standard InChI is InChI=1S/C7H7F3N2O2S/c8-7(9,10)2-12-5(6(13)14)4-1-11-3-15-4/h1,3,5,12H,2H2,(H,13,14). The molecule has 0 aliphatic rings. The zero-order valence-corrected chi connectivity index (χ0v) is 8.10. The van der Waals surface area contributed by atoms with E-state index in [0.29, 0.717) is 0 Å². The molecule has 0 aromatic carbocycles. The molecule has 0 amide bonds. The van der Waals surface area contributed by atoms with Crippen LogP contribution in [0.5, 0.6) is 0 Å². The number of hydrogen-bond donors (Lipinski definition) is 2. The van der Waals surface area contributed by atoms with Crippen molar-refractivity contribution in [2.75, 3.05) is 6.54 Å². The largest absolute Gasteiger partial charge is 0.480 e. The number of aliphatic carboxylic acids is 1. The summed E-state index contributed by atoms with van der Waals surface area (Å²) in [7, 11) is 0. The molecule has 84 valence electrons. The molecule has 1 aromatic rings. The molecule has 1 atom stereocenters. The summed E-state index contributed by atoms with van der Waals surface area (Å²) in [6.07, 6.45) is -3.20. The molecule has 0 bridgehead atoms. The third kappa shape index (κ3) is 3.84. The average molecular weight is 240 g/mol. The fourth-order valence-corrected chi connectivity index (χ4v) is 1.58. The van der Waals surface area contributed by atoms with E-state index in [4.69, 9.17) is 5.11 Å². The number of halogens is 3. The van der Waals surface area contributed by atoms with Gasteiger partial charge >= 0.3 is 12.1 Å². The van der Waals surface area contributed by atoms with Crippen molar-refractivity contribution in [2.45, 2.75) is 12.2 Å². The minimum Gasteiger partial charge on any atom is -0.480 e. The van der Waals surface area contributed by atoms with Gasteiger partial charge in [-0.25, -0.2) is 0 Å². The van der Waals surface area contributed by atoms with Crippen molar-refractivity contribution in [3.8, 4) is 0 Å². The molecule has 0 saturated heterocycles. The number of carboxylic acid groups (broad SMARTS) is 1. The predicted molar refractivity (Wildman–Crippen MR) is 46.5 cm³/mol. The van der Waals surface area contributed by atoms with Crippen molar-refractivity contribution in [2.24, 2.45) is 0 Å². The smallest absolute Gasteiger partial charge is 0.401 e. The van der Waals surface area contributed by atoms with E-state index in [1.807, 2.05) is 5.32 Å². The molecule has 2 N–H and O–H groups in total. The highest BCUT2D eigenvalue weighted by Crippen LogP contribution is 2.20. The Hall–Kier alpha value is -1.15. The number of carbonyl (C=O) groups is 1. The lowest BCUT2D eigenvalue weighted by atomic mass is 10.2. The van der Waals surface area contributed by atoms with E-state index >= 15 is 0 Å². The van der Waals surface area contributed by atoms with Gasteiger partial charge in [0, 0.05) is 6.20 Å². The molecule has 1 aromatic heterocycles. The maximum absolute atomic E-state index is 11.9. The molecule has 0 aliphatic heterocycles. The minimum absolute atomic E-state index is 0.242. The summed E-state index contributed by atoms with van der Waals surface area (Å²) in [5.74, 6) is -1.36. The van der Waals surface area contributed by atoms with Gasteiger partial charge in [0.25, 0.3) is 0 Å². The summed E-state index contributed by atoms with van der Waals surface area (Å²) in [6, 6.07) is -1.36. The third-order valence-electron chi connectivity index (χ3n) is 1.49. The lowest BCUT2D eigenvalue weighted by Gasteiger charge is -2.13. The molecule has 0 radical (unpaired) electrons. The SMILES string of the molecule is O=C(O)C(NCC(F)(F)F)c1cncs1. The first-order valence-electron chi connectivity index (χ1n) is 3.81. The van der Waals surface area contributed by atoms with Gasteiger partial charge in [-0.15, -0.1) is 11.3 Å². The molecule has 4 nitrogen and oxygen atoms in total. The van der Waals surface area contributed by atoms with Crippen LogP contribution in [0.3, 0.4) is 0 Å². The van der Waals surface area contributed by atoms with Gasteiger partial charge in [0.15, 0.2) is 0 Å². The van der Waals surface area contributed by atoms with E-state index in [1.165, 1.54) is 11.7 Å². The number of nitrogens with one attached hydrogen (secondary N) is 1. The molecule has 0 aliphatic carbocycles. The van der Waals surface area contributed by atoms with Crippen molar-refractivity contribution >= 4 is 17.3 Å². The van der Waals surface area contributed by atoms with Gasteiger partial charge in [0.05, 0.1) is 16.9 Å². The molecule has 1 unspecified atom stereocenters. The van der Waals surface area contributed by atoms with Crippen molar-refractivity contribution in [1.29, 1.82) is 0 Å². The fourth-order valence-electron chi connectivity index (χ4n) is 0.896. The quantitative estimate of drug-likeness (QED) is 0.835. The molecular formula is C7H7F3N2O2S. The highest BCUT2D eigenvalue weighted by Gasteiger charge is 2.31. The van der Waals surface area contributed by atoms with Crippen molar-refractivity contribution in [1.82, 2.24) is 10.3 Å². The summed E-state index contributed by atoms with van der Waals surface area (Å²) < 4.78 is 35.6. The Morgan fingerprint density at radius 2 is 2.33 bits per heavy atom. The predicted octanol–water partition coefficient (Wildman–Crippen LogP) is 1.42. The average Bonchev–Trinajstić information content (AvgIpc) is 2.54. The molecule has 8 heteroatoms. The van der Waals surface area contributed by atoms with Gasteiger partial charge in [-0.3, -0.25) is 15.1 Å². The number of rotatable bonds is 4. The van der Waals surface area contributed by atoms with Gasteiger partial charge in [-0.2, -0.15) is 13.2 Å². The van der Waals surface area contributed by atoms with Gasteiger partial charge in [0.1, 0.15) is 6.04 Å². The Morgan fingerprint density at radius 1 is 1.67 bits per heavy atom.